The summed E-state index contributed by atoms with van der Waals surface area (Å²) in [6, 6.07) is 0. The molecule has 0 aromatic carbocycles. The summed E-state index contributed by atoms with van der Waals surface area (Å²) in [4.78, 5) is 25.6. The first-order valence-corrected chi connectivity index (χ1v) is 2.19. The van der Waals surface area contributed by atoms with Gasteiger partial charge in [-0.2, -0.15) is 7.82 Å². The van der Waals surface area contributed by atoms with Gasteiger partial charge in [-0.1, -0.05) is 0 Å². The van der Waals surface area contributed by atoms with E-state index in [1.807, 2.05) is 0 Å². The van der Waals surface area contributed by atoms with Gasteiger partial charge >= 0.3 is 37.4 Å². The molecule has 0 saturated carbocycles. The zero-order valence-corrected chi connectivity index (χ0v) is 5.82. The van der Waals surface area contributed by atoms with Gasteiger partial charge in [0.25, 0.3) is 0 Å². The molecule has 0 bridgehead atoms. The van der Waals surface area contributed by atoms with Gasteiger partial charge in [-0.25, -0.2) is 0 Å². The molecular weight excluding hydrogens is 153 g/mol. The Kier molecular flexibility index (Phi) is 12.2. The Labute approximate surface area is 64.6 Å². The molecule has 35 valence electrons. The second kappa shape index (κ2) is 5.43. The van der Waals surface area contributed by atoms with Gasteiger partial charge in [-0.05, 0) is 0 Å². The van der Waals surface area contributed by atoms with E-state index < -0.39 is 7.82 Å². The summed E-state index contributed by atoms with van der Waals surface area (Å²) in [5, 5.41) is 0. The maximum absolute atomic E-state index is 8.55. The van der Waals surface area contributed by atoms with Crippen LogP contribution < -0.4 is 33.5 Å². The van der Waals surface area contributed by atoms with E-state index in [4.69, 9.17) is 19.2 Å². The van der Waals surface area contributed by atoms with Crippen LogP contribution in [-0.4, -0.2) is 0 Å². The van der Waals surface area contributed by atoms with Gasteiger partial charge in [0.15, 0.2) is 0 Å². The van der Waals surface area contributed by atoms with E-state index in [0.29, 0.717) is 0 Å². The Hall–Kier alpha value is 1.29. The van der Waals surface area contributed by atoms with Crippen molar-refractivity contribution in [3.05, 3.63) is 0 Å². The Morgan fingerprint density at radius 1 is 1.14 bits per heavy atom. The molecule has 0 aliphatic carbocycles. The van der Waals surface area contributed by atoms with Crippen molar-refractivity contribution in [1.29, 1.82) is 0 Å². The molecule has 7 heteroatoms. The first-order valence-electron chi connectivity index (χ1n) is 0.730. The van der Waals surface area contributed by atoms with Crippen LogP contribution in [0.1, 0.15) is 0 Å². The van der Waals surface area contributed by atoms with Crippen LogP contribution in [0, 0.1) is 0 Å². The molecule has 0 aliphatic rings. The first kappa shape index (κ1) is 15.7. The summed E-state index contributed by atoms with van der Waals surface area (Å²) in [5.41, 5.74) is 0. The smallest absolute Gasteiger partial charge is 0.822 e. The molecule has 0 aromatic rings. The minimum absolute atomic E-state index is 0. The van der Waals surface area contributed by atoms with Gasteiger partial charge in [0.1, 0.15) is 0 Å². The average molecular weight is 153 g/mol. The largest absolute Gasteiger partial charge is 2.00 e. The fraction of sp³-hybridized carbons (Fsp3) is 0. The third-order valence-corrected chi connectivity index (χ3v) is 0. The van der Waals surface area contributed by atoms with E-state index >= 15 is 0 Å². The maximum Gasteiger partial charge on any atom is 2.00 e. The minimum Gasteiger partial charge on any atom is -0.822 e. The summed E-state index contributed by atoms with van der Waals surface area (Å²) in [5.74, 6) is 0. The van der Waals surface area contributed by atoms with Crippen LogP contribution in [0.4, 0.5) is 0 Å². The molecule has 0 saturated heterocycles. The topological polar surface area (TPSA) is 86.2 Å². The molecule has 0 unspecified atom stereocenters. The van der Waals surface area contributed by atoms with Crippen LogP contribution in [0.3, 0.4) is 0 Å². The van der Waals surface area contributed by atoms with Crippen molar-refractivity contribution in [3.63, 3.8) is 0 Å². The van der Waals surface area contributed by atoms with Gasteiger partial charge in [0.2, 0.25) is 0 Å². The molecule has 0 N–H and O–H groups in total. The Balaban J connectivity index is -0.0000000800. The summed E-state index contributed by atoms with van der Waals surface area (Å²) >= 11 is 0. The van der Waals surface area contributed by atoms with Crippen molar-refractivity contribution in [2.45, 2.75) is 0 Å². The number of phosphoric acid groups is 1. The Morgan fingerprint density at radius 2 is 1.14 bits per heavy atom. The van der Waals surface area contributed by atoms with E-state index in [9.17, 15) is 0 Å². The summed E-state index contributed by atoms with van der Waals surface area (Å²) in [6.45, 7) is 0. The van der Waals surface area contributed by atoms with Crippen molar-refractivity contribution in [1.82, 2.24) is 0 Å². The van der Waals surface area contributed by atoms with Gasteiger partial charge in [0, 0.05) is 0 Å². The molecular formula is LiO4PV. The first-order chi connectivity index (χ1) is 2.00. The predicted octanol–water partition coefficient (Wildman–Crippen LogP) is -5.82. The molecule has 0 aliphatic heterocycles. The van der Waals surface area contributed by atoms with Gasteiger partial charge in [0.05, 0.1) is 0 Å². The van der Waals surface area contributed by atoms with Crippen molar-refractivity contribution in [3.8, 4) is 0 Å². The standard InChI is InChI=1S/Li.H3O4P.V/c;1-5(2,3)4;/h;(H3,1,2,3,4);/q+1;;+2/p-3. The summed E-state index contributed by atoms with van der Waals surface area (Å²) in [7, 11) is -5.39. The van der Waals surface area contributed by atoms with Crippen molar-refractivity contribution in [2.75, 3.05) is 0 Å². The number of hydrogen-bond acceptors (Lipinski definition) is 4. The fourth-order valence-electron chi connectivity index (χ4n) is 0. The molecule has 0 atom stereocenters. The van der Waals surface area contributed by atoms with Crippen LogP contribution >= 0.6 is 7.82 Å². The molecule has 7 heavy (non-hydrogen) atoms. The fourth-order valence-corrected chi connectivity index (χ4v) is 0. The Bertz CT molecular complexity index is 57.8. The van der Waals surface area contributed by atoms with Crippen molar-refractivity contribution in [2.24, 2.45) is 0 Å². The predicted molar refractivity (Wildman–Crippen MR) is 7.61 cm³/mol. The van der Waals surface area contributed by atoms with Gasteiger partial charge in [-0.3, -0.25) is 0 Å². The van der Waals surface area contributed by atoms with Gasteiger partial charge in [-0.15, -0.1) is 0 Å². The summed E-state index contributed by atoms with van der Waals surface area (Å²) < 4.78 is 8.55. The van der Waals surface area contributed by atoms with Crippen molar-refractivity contribution < 1.29 is 56.7 Å². The van der Waals surface area contributed by atoms with Crippen LogP contribution in [0.15, 0.2) is 0 Å². The van der Waals surface area contributed by atoms with Gasteiger partial charge < -0.3 is 19.2 Å². The quantitative estimate of drug-likeness (QED) is 0.256. The van der Waals surface area contributed by atoms with E-state index in [1.165, 1.54) is 0 Å². The molecule has 0 rings (SSSR count). The van der Waals surface area contributed by atoms with Crippen LogP contribution in [-0.2, 0) is 23.1 Å². The number of rotatable bonds is 0. The van der Waals surface area contributed by atoms with Crippen molar-refractivity contribution >= 4 is 7.82 Å². The van der Waals surface area contributed by atoms with E-state index in [2.05, 4.69) is 0 Å². The maximum atomic E-state index is 8.55. The second-order valence-corrected chi connectivity index (χ2v) is 1.34. The average Bonchev–Trinajstić information content (AvgIpc) is 0.722. The van der Waals surface area contributed by atoms with Crippen LogP contribution in [0.5, 0.6) is 0 Å². The minimum atomic E-state index is -5.39. The molecule has 0 aromatic heterocycles. The molecule has 4 nitrogen and oxygen atoms in total. The van der Waals surface area contributed by atoms with E-state index in [0.717, 1.165) is 0 Å². The molecule has 0 spiro atoms. The van der Waals surface area contributed by atoms with E-state index in [1.54, 1.807) is 0 Å². The molecule has 0 heterocycles. The number of hydrogen-bond donors (Lipinski definition) is 0. The monoisotopic (exact) mass is 153 g/mol. The normalized spacial score (nSPS) is 8.43. The van der Waals surface area contributed by atoms with Crippen LogP contribution in [0.25, 0.3) is 0 Å². The third-order valence-electron chi connectivity index (χ3n) is 0. The zero-order valence-electron chi connectivity index (χ0n) is 3.53. The Morgan fingerprint density at radius 3 is 1.14 bits per heavy atom. The molecule has 0 amide bonds. The SMILES string of the molecule is O=P([O-])([O-])[O-].[Li+].[V+2]. The molecule has 1 radical (unpaired) electrons. The summed E-state index contributed by atoms with van der Waals surface area (Å²) in [6.07, 6.45) is 0. The van der Waals surface area contributed by atoms with E-state index in [-0.39, 0.29) is 37.4 Å². The van der Waals surface area contributed by atoms with Crippen LogP contribution in [0.2, 0.25) is 0 Å². The third kappa shape index (κ3) is 122. The zero-order chi connectivity index (χ0) is 4.50. The molecule has 0 fully saturated rings. The second-order valence-electron chi connectivity index (χ2n) is 0.447.